The van der Waals surface area contributed by atoms with Crippen LogP contribution in [0.3, 0.4) is 0 Å². The predicted molar refractivity (Wildman–Crippen MR) is 117 cm³/mol. The highest BCUT2D eigenvalue weighted by Crippen LogP contribution is 2.26. The molecule has 1 unspecified atom stereocenters. The van der Waals surface area contributed by atoms with Crippen LogP contribution in [-0.4, -0.2) is 55.8 Å². The van der Waals surface area contributed by atoms with Crippen LogP contribution >= 0.6 is 0 Å². The minimum Gasteiger partial charge on any atom is -0.339 e. The van der Waals surface area contributed by atoms with Crippen molar-refractivity contribution in [1.29, 1.82) is 0 Å². The van der Waals surface area contributed by atoms with Gasteiger partial charge in [0.05, 0.1) is 17.5 Å². The third-order valence-electron chi connectivity index (χ3n) is 5.31. The van der Waals surface area contributed by atoms with E-state index in [0.717, 1.165) is 29.8 Å². The molecule has 2 amide bonds. The Morgan fingerprint density at radius 2 is 1.57 bits per heavy atom. The van der Waals surface area contributed by atoms with E-state index in [-0.39, 0.29) is 5.91 Å². The van der Waals surface area contributed by atoms with E-state index in [9.17, 15) is 18.0 Å². The van der Waals surface area contributed by atoms with Gasteiger partial charge in [-0.2, -0.15) is 4.31 Å². The maximum absolute atomic E-state index is 13.2. The molecule has 0 saturated carbocycles. The Bertz CT molecular complexity index is 1000. The molecule has 1 atom stereocenters. The van der Waals surface area contributed by atoms with Gasteiger partial charge in [-0.05, 0) is 37.0 Å². The lowest BCUT2D eigenvalue weighted by molar-refractivity contribution is -0.119. The summed E-state index contributed by atoms with van der Waals surface area (Å²) in [6.07, 6.45) is 4.10. The van der Waals surface area contributed by atoms with Gasteiger partial charge in [-0.3, -0.25) is 9.59 Å². The highest BCUT2D eigenvalue weighted by molar-refractivity contribution is 7.88. The maximum Gasteiger partial charge on any atom is 0.255 e. The van der Waals surface area contributed by atoms with Crippen LogP contribution in [0.15, 0.2) is 54.6 Å². The zero-order valence-corrected chi connectivity index (χ0v) is 18.1. The topological polar surface area (TPSA) is 86.8 Å². The predicted octanol–water partition coefficient (Wildman–Crippen LogP) is 2.88. The van der Waals surface area contributed by atoms with Gasteiger partial charge in [0.15, 0.2) is 0 Å². The van der Waals surface area contributed by atoms with Crippen molar-refractivity contribution in [2.24, 2.45) is 0 Å². The molecular weight excluding hydrogens is 402 g/mol. The maximum atomic E-state index is 13.2. The Morgan fingerprint density at radius 3 is 2.20 bits per heavy atom. The van der Waals surface area contributed by atoms with Crippen LogP contribution in [0, 0.1) is 0 Å². The molecule has 8 heteroatoms. The Hall–Kier alpha value is -2.71. The van der Waals surface area contributed by atoms with E-state index in [2.05, 4.69) is 5.32 Å². The van der Waals surface area contributed by atoms with Gasteiger partial charge in [0.2, 0.25) is 15.9 Å². The minimum absolute atomic E-state index is 0.127. The van der Waals surface area contributed by atoms with Crippen molar-refractivity contribution >= 4 is 27.5 Å². The number of nitrogens with one attached hydrogen (secondary N) is 1. The Kier molecular flexibility index (Phi) is 6.89. The molecule has 0 aromatic heterocycles. The summed E-state index contributed by atoms with van der Waals surface area (Å²) in [6, 6.07) is 14.5. The number of para-hydroxylation sites is 1. The number of sulfonamides is 1. The fraction of sp³-hybridized carbons (Fsp3) is 0.364. The van der Waals surface area contributed by atoms with E-state index in [4.69, 9.17) is 0 Å². The van der Waals surface area contributed by atoms with Crippen LogP contribution in [0.4, 0.5) is 5.69 Å². The van der Waals surface area contributed by atoms with E-state index in [0.29, 0.717) is 29.9 Å². The molecular formula is C22H27N3O4S. The Balaban J connectivity index is 1.90. The molecule has 0 spiro atoms. The second kappa shape index (κ2) is 9.40. The average molecular weight is 430 g/mol. The number of likely N-dealkylation sites (tertiary alicyclic amines) is 1. The number of amides is 2. The van der Waals surface area contributed by atoms with E-state index < -0.39 is 22.0 Å². The number of nitrogens with zero attached hydrogens (tertiary/aromatic N) is 2. The van der Waals surface area contributed by atoms with Crippen molar-refractivity contribution < 1.29 is 18.0 Å². The number of likely N-dealkylation sites (N-methyl/N-ethyl adjacent to an activating group) is 1. The number of carbonyl (C=O) groups excluding carboxylic acids is 2. The fourth-order valence-corrected chi connectivity index (χ4v) is 4.20. The van der Waals surface area contributed by atoms with Gasteiger partial charge in [-0.25, -0.2) is 8.42 Å². The molecule has 3 rings (SSSR count). The summed E-state index contributed by atoms with van der Waals surface area (Å²) >= 11 is 0. The summed E-state index contributed by atoms with van der Waals surface area (Å²) in [5, 5.41) is 2.79. The summed E-state index contributed by atoms with van der Waals surface area (Å²) < 4.78 is 25.4. The van der Waals surface area contributed by atoms with Crippen LogP contribution in [0.25, 0.3) is 0 Å². The monoisotopic (exact) mass is 429 g/mol. The van der Waals surface area contributed by atoms with Crippen LogP contribution in [0.5, 0.6) is 0 Å². The molecule has 160 valence electrons. The SMILES string of the molecule is CN(C(C(=O)Nc1ccccc1C(=O)N1CCCCC1)c1ccccc1)S(C)(=O)=O. The highest BCUT2D eigenvalue weighted by atomic mass is 32.2. The third kappa shape index (κ3) is 5.06. The molecule has 0 bridgehead atoms. The molecule has 1 N–H and O–H groups in total. The molecule has 7 nitrogen and oxygen atoms in total. The van der Waals surface area contributed by atoms with Gasteiger partial charge < -0.3 is 10.2 Å². The third-order valence-corrected chi connectivity index (χ3v) is 6.57. The van der Waals surface area contributed by atoms with Crippen molar-refractivity contribution in [2.75, 3.05) is 31.7 Å². The van der Waals surface area contributed by atoms with Gasteiger partial charge in [0.1, 0.15) is 6.04 Å². The van der Waals surface area contributed by atoms with Gasteiger partial charge in [0, 0.05) is 20.1 Å². The first kappa shape index (κ1) is 22.0. The fourth-order valence-electron chi connectivity index (χ4n) is 3.60. The molecule has 0 radical (unpaired) electrons. The number of carbonyl (C=O) groups is 2. The number of benzene rings is 2. The highest BCUT2D eigenvalue weighted by Gasteiger charge is 2.31. The number of rotatable bonds is 6. The zero-order chi connectivity index (χ0) is 21.7. The minimum atomic E-state index is -3.63. The van der Waals surface area contributed by atoms with E-state index in [1.807, 2.05) is 0 Å². The number of piperidine rings is 1. The van der Waals surface area contributed by atoms with Gasteiger partial charge in [-0.1, -0.05) is 42.5 Å². The smallest absolute Gasteiger partial charge is 0.255 e. The molecule has 1 aliphatic rings. The second-order valence-corrected chi connectivity index (χ2v) is 9.52. The molecule has 1 heterocycles. The second-order valence-electron chi connectivity index (χ2n) is 7.48. The van der Waals surface area contributed by atoms with E-state index in [1.54, 1.807) is 59.5 Å². The van der Waals surface area contributed by atoms with Crippen LogP contribution < -0.4 is 5.32 Å². The van der Waals surface area contributed by atoms with Gasteiger partial charge in [-0.15, -0.1) is 0 Å². The molecule has 1 aliphatic heterocycles. The largest absolute Gasteiger partial charge is 0.339 e. The normalized spacial score (nSPS) is 15.6. The lowest BCUT2D eigenvalue weighted by Gasteiger charge is -2.28. The van der Waals surface area contributed by atoms with Crippen molar-refractivity contribution in [3.8, 4) is 0 Å². The quantitative estimate of drug-likeness (QED) is 0.765. The lowest BCUT2D eigenvalue weighted by Crippen LogP contribution is -2.39. The van der Waals surface area contributed by atoms with Crippen molar-refractivity contribution in [3.63, 3.8) is 0 Å². The van der Waals surface area contributed by atoms with Crippen LogP contribution in [0.1, 0.15) is 41.2 Å². The Labute approximate surface area is 177 Å². The summed E-state index contributed by atoms with van der Waals surface area (Å²) in [4.78, 5) is 28.0. The summed E-state index contributed by atoms with van der Waals surface area (Å²) in [6.45, 7) is 1.40. The number of hydrogen-bond acceptors (Lipinski definition) is 4. The van der Waals surface area contributed by atoms with Crippen molar-refractivity contribution in [1.82, 2.24) is 9.21 Å². The zero-order valence-electron chi connectivity index (χ0n) is 17.2. The molecule has 1 fully saturated rings. The number of anilines is 1. The summed E-state index contributed by atoms with van der Waals surface area (Å²) in [7, 11) is -2.26. The van der Waals surface area contributed by atoms with Crippen LogP contribution in [0.2, 0.25) is 0 Å². The molecule has 2 aromatic rings. The number of hydrogen-bond donors (Lipinski definition) is 1. The summed E-state index contributed by atoms with van der Waals surface area (Å²) in [5.74, 6) is -0.647. The Morgan fingerprint density at radius 1 is 0.967 bits per heavy atom. The van der Waals surface area contributed by atoms with E-state index >= 15 is 0 Å². The first-order valence-electron chi connectivity index (χ1n) is 9.96. The summed E-state index contributed by atoms with van der Waals surface area (Å²) in [5.41, 5.74) is 1.32. The molecule has 2 aromatic carbocycles. The first-order chi connectivity index (χ1) is 14.3. The van der Waals surface area contributed by atoms with Crippen molar-refractivity contribution in [3.05, 3.63) is 65.7 Å². The van der Waals surface area contributed by atoms with Gasteiger partial charge >= 0.3 is 0 Å². The standard InChI is InChI=1S/C22H27N3O4S/c1-24(30(2,28)29)20(17-11-5-3-6-12-17)21(26)23-19-14-8-7-13-18(19)22(27)25-15-9-4-10-16-25/h3,5-8,11-14,20H,4,9-10,15-16H2,1-2H3,(H,23,26). The lowest BCUT2D eigenvalue weighted by atomic mass is 10.0. The van der Waals surface area contributed by atoms with Crippen LogP contribution in [-0.2, 0) is 14.8 Å². The molecule has 1 saturated heterocycles. The molecule has 30 heavy (non-hydrogen) atoms. The molecule has 0 aliphatic carbocycles. The first-order valence-corrected chi connectivity index (χ1v) is 11.8. The van der Waals surface area contributed by atoms with Crippen molar-refractivity contribution in [2.45, 2.75) is 25.3 Å². The average Bonchev–Trinajstić information content (AvgIpc) is 2.74. The van der Waals surface area contributed by atoms with E-state index in [1.165, 1.54) is 7.05 Å². The van der Waals surface area contributed by atoms with Gasteiger partial charge in [0.25, 0.3) is 5.91 Å².